The molecule has 0 aliphatic carbocycles. The zero-order valence-electron chi connectivity index (χ0n) is 26.5. The van der Waals surface area contributed by atoms with Crippen LogP contribution in [0.15, 0.2) is 71.7 Å². The maximum atomic E-state index is 12.8. The fourth-order valence-electron chi connectivity index (χ4n) is 5.59. The van der Waals surface area contributed by atoms with Crippen LogP contribution in [0.3, 0.4) is 0 Å². The average molecular weight is 625 g/mol. The average Bonchev–Trinajstić information content (AvgIpc) is 3.39. The number of ether oxygens (including phenoxy) is 2. The molecule has 1 aromatic heterocycles. The molecule has 0 bridgehead atoms. The highest BCUT2D eigenvalue weighted by Crippen LogP contribution is 2.33. The van der Waals surface area contributed by atoms with Crippen molar-refractivity contribution in [1.29, 1.82) is 0 Å². The number of aryl methyl sites for hydroxylation is 1. The molecule has 1 saturated heterocycles. The highest BCUT2D eigenvalue weighted by Gasteiger charge is 2.22. The lowest BCUT2D eigenvalue weighted by Gasteiger charge is -2.34. The first kappa shape index (κ1) is 32.7. The second kappa shape index (κ2) is 15.1. The van der Waals surface area contributed by atoms with Crippen molar-refractivity contribution in [3.8, 4) is 5.88 Å². The van der Waals surface area contributed by atoms with Crippen LogP contribution in [0.25, 0.3) is 10.9 Å². The highest BCUT2D eigenvalue weighted by atomic mass is 16.5. The van der Waals surface area contributed by atoms with Gasteiger partial charge in [-0.15, -0.1) is 0 Å². The molecule has 2 N–H and O–H groups in total. The molecule has 2 heterocycles. The number of H-pyrrole nitrogens is 1. The van der Waals surface area contributed by atoms with Crippen LogP contribution in [0, 0.1) is 6.92 Å². The molecule has 0 unspecified atom stereocenters. The predicted octanol–water partition coefficient (Wildman–Crippen LogP) is 4.93. The van der Waals surface area contributed by atoms with Gasteiger partial charge in [0, 0.05) is 61.2 Å². The van der Waals surface area contributed by atoms with Gasteiger partial charge in [-0.05, 0) is 48.9 Å². The summed E-state index contributed by atoms with van der Waals surface area (Å²) in [5, 5.41) is 11.8. The lowest BCUT2D eigenvalue weighted by atomic mass is 9.98. The first-order chi connectivity index (χ1) is 22.3. The van der Waals surface area contributed by atoms with Crippen molar-refractivity contribution in [1.82, 2.24) is 14.8 Å². The molecule has 0 saturated carbocycles. The highest BCUT2D eigenvalue weighted by molar-refractivity contribution is 6.22. The first-order valence-electron chi connectivity index (χ1n) is 15.5. The summed E-state index contributed by atoms with van der Waals surface area (Å²) in [5.41, 5.74) is 4.65. The number of rotatable bonds is 13. The van der Waals surface area contributed by atoms with Crippen molar-refractivity contribution >= 4 is 39.8 Å². The molecule has 1 fully saturated rings. The fourth-order valence-corrected chi connectivity index (χ4v) is 5.59. The second-order valence-electron chi connectivity index (χ2n) is 11.4. The van der Waals surface area contributed by atoms with Gasteiger partial charge in [0.2, 0.25) is 0 Å². The number of hydrogen-bond acceptors (Lipinski definition) is 9. The number of carbonyl (C=O) groups is 3. The minimum absolute atomic E-state index is 0.0149. The quantitative estimate of drug-likeness (QED) is 0.0929. The molecule has 0 spiro atoms. The minimum Gasteiger partial charge on any atom is -0.494 e. The molecule has 0 amide bonds. The van der Waals surface area contributed by atoms with Gasteiger partial charge in [0.15, 0.2) is 11.7 Å². The van der Waals surface area contributed by atoms with E-state index in [0.29, 0.717) is 64.1 Å². The Labute approximate surface area is 268 Å². The van der Waals surface area contributed by atoms with E-state index in [2.05, 4.69) is 14.8 Å². The maximum absolute atomic E-state index is 12.8. The molecular weight excluding hydrogens is 584 g/mol. The number of esters is 1. The number of aliphatic imine (C=N–C) groups is 1. The van der Waals surface area contributed by atoms with Crippen molar-refractivity contribution in [3.63, 3.8) is 0 Å². The standard InChI is InChI=1S/C36H40N4O6/c1-4-28(41)22-40-16-14-39(15-17-40)18-19-46-23-32(42)25-10-12-27(13-11-25)37-34(26-8-6-5-7-9-26)33-30-20-24(2)29(36(44)45-3)21-31(30)38-35(33)43/h5-13,20-21,38,43H,4,14-19,22-23H2,1-3H3. The van der Waals surface area contributed by atoms with E-state index in [1.165, 1.54) is 7.11 Å². The molecule has 46 heavy (non-hydrogen) atoms. The molecule has 0 atom stereocenters. The van der Waals surface area contributed by atoms with Crippen molar-refractivity contribution in [2.75, 3.05) is 59.6 Å². The van der Waals surface area contributed by atoms with E-state index in [1.54, 1.807) is 30.3 Å². The van der Waals surface area contributed by atoms with Crippen LogP contribution in [0.4, 0.5) is 5.69 Å². The SMILES string of the molecule is CCC(=O)CN1CCN(CCOCC(=O)c2ccc(N=C(c3ccccc3)c3c(O)[nH]c4cc(C(=O)OC)c(C)cc34)cc2)CC1. The predicted molar refractivity (Wildman–Crippen MR) is 178 cm³/mol. The number of aromatic hydroxyl groups is 1. The lowest BCUT2D eigenvalue weighted by Crippen LogP contribution is -2.48. The summed E-state index contributed by atoms with van der Waals surface area (Å²) in [7, 11) is 1.33. The Morgan fingerprint density at radius 3 is 2.30 bits per heavy atom. The first-order valence-corrected chi connectivity index (χ1v) is 15.5. The van der Waals surface area contributed by atoms with Gasteiger partial charge in [-0.1, -0.05) is 37.3 Å². The summed E-state index contributed by atoms with van der Waals surface area (Å²) in [6, 6.07) is 20.0. The second-order valence-corrected chi connectivity index (χ2v) is 11.4. The maximum Gasteiger partial charge on any atom is 0.338 e. The molecule has 3 aromatic carbocycles. The van der Waals surface area contributed by atoms with E-state index in [-0.39, 0.29) is 24.1 Å². The van der Waals surface area contributed by atoms with Crippen LogP contribution >= 0.6 is 0 Å². The summed E-state index contributed by atoms with van der Waals surface area (Å²) in [5.74, 6) is -0.376. The zero-order chi connectivity index (χ0) is 32.6. The molecule has 4 aromatic rings. The summed E-state index contributed by atoms with van der Waals surface area (Å²) >= 11 is 0. The molecule has 10 heteroatoms. The third-order valence-corrected chi connectivity index (χ3v) is 8.29. The van der Waals surface area contributed by atoms with Crippen molar-refractivity contribution < 1.29 is 29.0 Å². The summed E-state index contributed by atoms with van der Waals surface area (Å²) in [6.07, 6.45) is 0.573. The number of aromatic nitrogens is 1. The van der Waals surface area contributed by atoms with Gasteiger partial charge in [0.05, 0.1) is 42.8 Å². The number of methoxy groups -OCH3 is 1. The Hall–Kier alpha value is -4.64. The number of fused-ring (bicyclic) bond motifs is 1. The normalized spacial score (nSPS) is 14.5. The van der Waals surface area contributed by atoms with Crippen molar-refractivity contribution in [2.45, 2.75) is 20.3 Å². The molecule has 1 aliphatic heterocycles. The summed E-state index contributed by atoms with van der Waals surface area (Å²) in [6.45, 7) is 8.90. The number of ketones is 2. The summed E-state index contributed by atoms with van der Waals surface area (Å²) < 4.78 is 10.6. The fraction of sp³-hybridized carbons (Fsp3) is 0.333. The van der Waals surface area contributed by atoms with Gasteiger partial charge in [-0.2, -0.15) is 0 Å². The Bertz CT molecular complexity index is 1720. The number of nitrogens with one attached hydrogen (secondary N) is 1. The van der Waals surface area contributed by atoms with Crippen molar-refractivity contribution in [3.05, 3.63) is 94.5 Å². The van der Waals surface area contributed by atoms with Gasteiger partial charge in [0.25, 0.3) is 0 Å². The molecule has 0 radical (unpaired) electrons. The van der Waals surface area contributed by atoms with Crippen LogP contribution in [0.1, 0.15) is 50.8 Å². The Morgan fingerprint density at radius 2 is 1.63 bits per heavy atom. The number of piperazine rings is 1. The molecule has 1 aliphatic rings. The Morgan fingerprint density at radius 1 is 0.935 bits per heavy atom. The van der Waals surface area contributed by atoms with Gasteiger partial charge in [0.1, 0.15) is 12.4 Å². The van der Waals surface area contributed by atoms with E-state index >= 15 is 0 Å². The van der Waals surface area contributed by atoms with Crippen LogP contribution in [-0.4, -0.2) is 103 Å². The third kappa shape index (κ3) is 7.77. The van der Waals surface area contributed by atoms with Gasteiger partial charge >= 0.3 is 5.97 Å². The number of benzene rings is 3. The lowest BCUT2D eigenvalue weighted by molar-refractivity contribution is -0.120. The van der Waals surface area contributed by atoms with E-state index < -0.39 is 5.97 Å². The van der Waals surface area contributed by atoms with Crippen LogP contribution in [-0.2, 0) is 14.3 Å². The molecular formula is C36H40N4O6. The minimum atomic E-state index is -0.456. The third-order valence-electron chi connectivity index (χ3n) is 8.29. The zero-order valence-corrected chi connectivity index (χ0v) is 26.5. The van der Waals surface area contributed by atoms with Crippen molar-refractivity contribution in [2.24, 2.45) is 4.99 Å². The van der Waals surface area contributed by atoms with E-state index in [9.17, 15) is 19.5 Å². The Kier molecular flexibility index (Phi) is 10.7. The summed E-state index contributed by atoms with van der Waals surface area (Å²) in [4.78, 5) is 49.2. The molecule has 5 rings (SSSR count). The monoisotopic (exact) mass is 624 g/mol. The number of Topliss-reactive ketones (excluding diaryl/α,β-unsaturated/α-hetero) is 2. The number of nitrogens with zero attached hydrogens (tertiary/aromatic N) is 3. The van der Waals surface area contributed by atoms with E-state index in [1.807, 2.05) is 50.2 Å². The van der Waals surface area contributed by atoms with Crippen LogP contribution in [0.5, 0.6) is 5.88 Å². The number of hydrogen-bond donors (Lipinski definition) is 2. The smallest absolute Gasteiger partial charge is 0.338 e. The van der Waals surface area contributed by atoms with Gasteiger partial charge in [-0.25, -0.2) is 9.79 Å². The molecule has 10 nitrogen and oxygen atoms in total. The molecule has 240 valence electrons. The number of aromatic amines is 1. The van der Waals surface area contributed by atoms with E-state index in [4.69, 9.17) is 14.5 Å². The van der Waals surface area contributed by atoms with Crippen LogP contribution in [0.2, 0.25) is 0 Å². The topological polar surface area (TPSA) is 125 Å². The van der Waals surface area contributed by atoms with Gasteiger partial charge in [-0.3, -0.25) is 19.4 Å². The Balaban J connectivity index is 1.26. The number of carbonyl (C=O) groups excluding carboxylic acids is 3. The van der Waals surface area contributed by atoms with Gasteiger partial charge < -0.3 is 19.6 Å². The van der Waals surface area contributed by atoms with Crippen LogP contribution < -0.4 is 0 Å². The van der Waals surface area contributed by atoms with E-state index in [0.717, 1.165) is 38.3 Å². The largest absolute Gasteiger partial charge is 0.494 e.